The molecule has 6 heteroatoms. The van der Waals surface area contributed by atoms with Gasteiger partial charge in [0.1, 0.15) is 5.75 Å². The number of hydrogen-bond acceptors (Lipinski definition) is 3. The lowest BCUT2D eigenvalue weighted by atomic mass is 9.90. The minimum atomic E-state index is -0.388. The van der Waals surface area contributed by atoms with Crippen molar-refractivity contribution < 1.29 is 14.3 Å². The molecule has 2 amide bonds. The maximum atomic E-state index is 13.1. The first-order valence-corrected chi connectivity index (χ1v) is 11.7. The molecule has 1 aromatic heterocycles. The van der Waals surface area contributed by atoms with Gasteiger partial charge >= 0.3 is 0 Å². The second-order valence-corrected chi connectivity index (χ2v) is 8.79. The predicted octanol–water partition coefficient (Wildman–Crippen LogP) is 5.00. The van der Waals surface area contributed by atoms with Gasteiger partial charge in [0.15, 0.2) is 0 Å². The van der Waals surface area contributed by atoms with Crippen LogP contribution in [-0.4, -0.2) is 30.5 Å². The smallest absolute Gasteiger partial charge is 0.222 e. The molecule has 3 aromatic carbocycles. The summed E-state index contributed by atoms with van der Waals surface area (Å²) >= 11 is 0. The number of amides is 2. The van der Waals surface area contributed by atoms with Gasteiger partial charge in [-0.1, -0.05) is 60.2 Å². The Morgan fingerprint density at radius 2 is 1.63 bits per heavy atom. The molecule has 0 saturated carbocycles. The van der Waals surface area contributed by atoms with E-state index in [0.29, 0.717) is 6.54 Å². The largest absolute Gasteiger partial charge is 0.497 e. The van der Waals surface area contributed by atoms with E-state index in [1.807, 2.05) is 79.9 Å². The van der Waals surface area contributed by atoms with Crippen LogP contribution in [0.25, 0.3) is 10.9 Å². The molecule has 0 saturated heterocycles. The Bertz CT molecular complexity index is 1290. The summed E-state index contributed by atoms with van der Waals surface area (Å²) in [5.74, 6) is 0.437. The molecule has 0 aliphatic heterocycles. The van der Waals surface area contributed by atoms with Crippen molar-refractivity contribution in [3.8, 4) is 5.75 Å². The highest BCUT2D eigenvalue weighted by Gasteiger charge is 2.21. The Hall–Kier alpha value is -4.06. The summed E-state index contributed by atoms with van der Waals surface area (Å²) in [6.07, 6.45) is 2.17. The number of fused-ring (bicyclic) bond motifs is 1. The van der Waals surface area contributed by atoms with Crippen LogP contribution in [0.5, 0.6) is 5.75 Å². The second kappa shape index (κ2) is 10.9. The monoisotopic (exact) mass is 469 g/mol. The molecule has 0 fully saturated rings. The maximum Gasteiger partial charge on any atom is 0.222 e. The van der Waals surface area contributed by atoms with E-state index >= 15 is 0 Å². The molecule has 1 heterocycles. The van der Waals surface area contributed by atoms with Crippen molar-refractivity contribution >= 4 is 22.7 Å². The summed E-state index contributed by atoms with van der Waals surface area (Å²) in [5.41, 5.74) is 5.28. The van der Waals surface area contributed by atoms with E-state index in [1.54, 1.807) is 7.11 Å². The van der Waals surface area contributed by atoms with Crippen LogP contribution in [0.1, 0.15) is 47.6 Å². The van der Waals surface area contributed by atoms with Gasteiger partial charge < -0.3 is 20.4 Å². The lowest BCUT2D eigenvalue weighted by Gasteiger charge is -2.21. The first kappa shape index (κ1) is 24.1. The van der Waals surface area contributed by atoms with E-state index < -0.39 is 0 Å². The molecule has 0 aliphatic rings. The summed E-state index contributed by atoms with van der Waals surface area (Å²) in [6.45, 7) is 3.90. The van der Waals surface area contributed by atoms with Crippen molar-refractivity contribution in [1.82, 2.24) is 15.6 Å². The van der Waals surface area contributed by atoms with E-state index in [2.05, 4.69) is 21.7 Å². The number of aromatic amines is 1. The SMILES string of the molecule is COc1ccc([C@H](CNC(=O)C[C@H](NC(C)=O)c2ccc(C)cc2)c2c[nH]c3ccccc23)cc1. The molecule has 0 aliphatic carbocycles. The molecule has 4 rings (SSSR count). The molecule has 4 aromatic rings. The maximum absolute atomic E-state index is 13.1. The van der Waals surface area contributed by atoms with Crippen LogP contribution in [0.2, 0.25) is 0 Å². The fourth-order valence-corrected chi connectivity index (χ4v) is 4.40. The number of H-pyrrole nitrogens is 1. The number of methoxy groups -OCH3 is 1. The third-order valence-electron chi connectivity index (χ3n) is 6.26. The molecular weight excluding hydrogens is 438 g/mol. The number of rotatable bonds is 9. The Labute approximate surface area is 205 Å². The molecule has 2 atom stereocenters. The standard InChI is InChI=1S/C29H31N3O3/c1-19-8-10-22(11-9-19)28(32-20(2)33)16-29(34)31-17-25(21-12-14-23(35-3)15-13-21)26-18-30-27-7-5-4-6-24(26)27/h4-15,18,25,28,30H,16-17H2,1-3H3,(H,31,34)(H,32,33)/t25-,28-/m0/s1. The molecule has 6 nitrogen and oxygen atoms in total. The third-order valence-corrected chi connectivity index (χ3v) is 6.26. The van der Waals surface area contributed by atoms with Gasteiger partial charge in [0, 0.05) is 36.5 Å². The van der Waals surface area contributed by atoms with Crippen LogP contribution in [0.15, 0.2) is 79.0 Å². The Kier molecular flexibility index (Phi) is 7.51. The summed E-state index contributed by atoms with van der Waals surface area (Å²) < 4.78 is 5.32. The molecule has 3 N–H and O–H groups in total. The van der Waals surface area contributed by atoms with Gasteiger partial charge in [-0.2, -0.15) is 0 Å². The van der Waals surface area contributed by atoms with Crippen LogP contribution in [0, 0.1) is 6.92 Å². The summed E-state index contributed by atoms with van der Waals surface area (Å²) in [5, 5.41) is 7.15. The molecule has 180 valence electrons. The molecule has 0 bridgehead atoms. The van der Waals surface area contributed by atoms with E-state index in [9.17, 15) is 9.59 Å². The Morgan fingerprint density at radius 3 is 2.31 bits per heavy atom. The van der Waals surface area contributed by atoms with Crippen molar-refractivity contribution in [3.05, 3.63) is 101 Å². The van der Waals surface area contributed by atoms with Gasteiger partial charge in [-0.05, 0) is 41.8 Å². The number of carbonyl (C=O) groups excluding carboxylic acids is 2. The molecule has 0 radical (unpaired) electrons. The van der Waals surface area contributed by atoms with Crippen molar-refractivity contribution in [2.45, 2.75) is 32.2 Å². The molecule has 0 unspecified atom stereocenters. The number of hydrogen-bond donors (Lipinski definition) is 3. The van der Waals surface area contributed by atoms with Crippen LogP contribution in [0.3, 0.4) is 0 Å². The lowest BCUT2D eigenvalue weighted by Crippen LogP contribution is -2.34. The Balaban J connectivity index is 1.55. The van der Waals surface area contributed by atoms with Crippen molar-refractivity contribution in [3.63, 3.8) is 0 Å². The number of nitrogens with one attached hydrogen (secondary N) is 3. The van der Waals surface area contributed by atoms with Crippen molar-refractivity contribution in [2.24, 2.45) is 0 Å². The zero-order valence-corrected chi connectivity index (χ0v) is 20.3. The van der Waals surface area contributed by atoms with Crippen LogP contribution in [-0.2, 0) is 9.59 Å². The first-order chi connectivity index (χ1) is 16.9. The quantitative estimate of drug-likeness (QED) is 0.323. The zero-order valence-electron chi connectivity index (χ0n) is 20.3. The average Bonchev–Trinajstić information content (AvgIpc) is 3.28. The first-order valence-electron chi connectivity index (χ1n) is 11.7. The fraction of sp³-hybridized carbons (Fsp3) is 0.241. The highest BCUT2D eigenvalue weighted by atomic mass is 16.5. The van der Waals surface area contributed by atoms with Gasteiger partial charge in [-0.25, -0.2) is 0 Å². The second-order valence-electron chi connectivity index (χ2n) is 8.79. The summed E-state index contributed by atoms with van der Waals surface area (Å²) in [7, 11) is 1.64. The third kappa shape index (κ3) is 5.90. The fourth-order valence-electron chi connectivity index (χ4n) is 4.40. The van der Waals surface area contributed by atoms with Gasteiger partial charge in [-0.3, -0.25) is 9.59 Å². The number of aryl methyl sites for hydroxylation is 1. The highest BCUT2D eigenvalue weighted by molar-refractivity contribution is 5.84. The molecule has 0 spiro atoms. The zero-order chi connectivity index (χ0) is 24.8. The number of ether oxygens (including phenoxy) is 1. The van der Waals surface area contributed by atoms with Gasteiger partial charge in [0.25, 0.3) is 0 Å². The van der Waals surface area contributed by atoms with E-state index in [4.69, 9.17) is 4.74 Å². The van der Waals surface area contributed by atoms with E-state index in [-0.39, 0.29) is 30.2 Å². The molecular formula is C29H31N3O3. The van der Waals surface area contributed by atoms with E-state index in [0.717, 1.165) is 38.9 Å². The minimum Gasteiger partial charge on any atom is -0.497 e. The van der Waals surface area contributed by atoms with Gasteiger partial charge in [0.2, 0.25) is 11.8 Å². The molecule has 35 heavy (non-hydrogen) atoms. The number of aromatic nitrogens is 1. The number of carbonyl (C=O) groups is 2. The Morgan fingerprint density at radius 1 is 0.943 bits per heavy atom. The number of benzene rings is 3. The van der Waals surface area contributed by atoms with Crippen LogP contribution < -0.4 is 15.4 Å². The number of para-hydroxylation sites is 1. The minimum absolute atomic E-state index is 0.0559. The summed E-state index contributed by atoms with van der Waals surface area (Å²) in [6, 6.07) is 23.6. The van der Waals surface area contributed by atoms with E-state index in [1.165, 1.54) is 6.92 Å². The van der Waals surface area contributed by atoms with Gasteiger partial charge in [0.05, 0.1) is 19.6 Å². The van der Waals surface area contributed by atoms with Gasteiger partial charge in [-0.15, -0.1) is 0 Å². The van der Waals surface area contributed by atoms with Crippen LogP contribution >= 0.6 is 0 Å². The topological polar surface area (TPSA) is 83.2 Å². The average molecular weight is 470 g/mol. The van der Waals surface area contributed by atoms with Crippen molar-refractivity contribution in [2.75, 3.05) is 13.7 Å². The lowest BCUT2D eigenvalue weighted by molar-refractivity contribution is -0.122. The highest BCUT2D eigenvalue weighted by Crippen LogP contribution is 2.31. The predicted molar refractivity (Wildman–Crippen MR) is 138 cm³/mol. The van der Waals surface area contributed by atoms with Crippen LogP contribution in [0.4, 0.5) is 0 Å². The summed E-state index contributed by atoms with van der Waals surface area (Å²) in [4.78, 5) is 28.2. The van der Waals surface area contributed by atoms with Crippen molar-refractivity contribution in [1.29, 1.82) is 0 Å². The normalized spacial score (nSPS) is 12.7.